The molecule has 3 saturated heterocycles. The van der Waals surface area contributed by atoms with Gasteiger partial charge in [-0.3, -0.25) is 4.90 Å². The van der Waals surface area contributed by atoms with E-state index in [-0.39, 0.29) is 0 Å². The van der Waals surface area contributed by atoms with Gasteiger partial charge in [-0.05, 0) is 45.1 Å². The summed E-state index contributed by atoms with van der Waals surface area (Å²) in [5.74, 6) is 0.788. The maximum Gasteiger partial charge on any atom is 0.0170 e. The van der Waals surface area contributed by atoms with Crippen LogP contribution in [-0.4, -0.2) is 54.1 Å². The molecule has 4 atom stereocenters. The molecule has 0 aliphatic carbocycles. The molecule has 0 amide bonds. The monoisotopic (exact) mass is 237 g/mol. The van der Waals surface area contributed by atoms with Gasteiger partial charge in [-0.2, -0.15) is 0 Å². The van der Waals surface area contributed by atoms with Crippen LogP contribution in [0.1, 0.15) is 39.0 Å². The van der Waals surface area contributed by atoms with Gasteiger partial charge in [0.05, 0.1) is 0 Å². The van der Waals surface area contributed by atoms with Gasteiger partial charge in [-0.15, -0.1) is 0 Å². The van der Waals surface area contributed by atoms with E-state index in [1.807, 2.05) is 0 Å². The Balaban J connectivity index is 1.65. The fourth-order valence-electron chi connectivity index (χ4n) is 4.42. The maximum absolute atomic E-state index is 6.18. The van der Waals surface area contributed by atoms with Crippen LogP contribution >= 0.6 is 0 Å². The van der Waals surface area contributed by atoms with Gasteiger partial charge in [0.25, 0.3) is 0 Å². The van der Waals surface area contributed by atoms with Crippen molar-refractivity contribution in [1.82, 2.24) is 9.80 Å². The number of nitrogens with zero attached hydrogens (tertiary/aromatic N) is 2. The Kier molecular flexibility index (Phi) is 3.18. The average molecular weight is 237 g/mol. The second kappa shape index (κ2) is 4.52. The molecular formula is C14H27N3. The number of hydrogen-bond donors (Lipinski definition) is 1. The smallest absolute Gasteiger partial charge is 0.0170 e. The summed E-state index contributed by atoms with van der Waals surface area (Å²) in [6.07, 6.45) is 6.83. The van der Waals surface area contributed by atoms with Crippen molar-refractivity contribution in [2.24, 2.45) is 11.7 Å². The van der Waals surface area contributed by atoms with Gasteiger partial charge in [0.1, 0.15) is 0 Å². The first-order valence-electron chi connectivity index (χ1n) is 7.35. The molecule has 3 aliphatic heterocycles. The third-order valence-corrected chi connectivity index (χ3v) is 5.31. The third-order valence-electron chi connectivity index (χ3n) is 5.31. The molecule has 17 heavy (non-hydrogen) atoms. The van der Waals surface area contributed by atoms with Crippen molar-refractivity contribution in [3.63, 3.8) is 0 Å². The lowest BCUT2D eigenvalue weighted by molar-refractivity contribution is 0.0447. The first kappa shape index (κ1) is 11.9. The van der Waals surface area contributed by atoms with Gasteiger partial charge in [-0.1, -0.05) is 6.92 Å². The van der Waals surface area contributed by atoms with Crippen LogP contribution in [0.15, 0.2) is 0 Å². The van der Waals surface area contributed by atoms with E-state index in [2.05, 4.69) is 23.8 Å². The lowest BCUT2D eigenvalue weighted by atomic mass is 9.90. The van der Waals surface area contributed by atoms with Gasteiger partial charge in [-0.25, -0.2) is 0 Å². The van der Waals surface area contributed by atoms with E-state index in [9.17, 15) is 0 Å². The first-order valence-corrected chi connectivity index (χ1v) is 7.35. The van der Waals surface area contributed by atoms with Gasteiger partial charge in [0.15, 0.2) is 0 Å². The molecule has 0 saturated carbocycles. The second-order valence-electron chi connectivity index (χ2n) is 6.73. The summed E-state index contributed by atoms with van der Waals surface area (Å²) in [5.41, 5.74) is 6.18. The zero-order chi connectivity index (χ0) is 12.0. The largest absolute Gasteiger partial charge is 0.327 e. The van der Waals surface area contributed by atoms with E-state index in [4.69, 9.17) is 5.73 Å². The highest BCUT2D eigenvalue weighted by atomic mass is 15.2. The molecule has 3 aliphatic rings. The molecule has 0 aromatic rings. The predicted molar refractivity (Wildman–Crippen MR) is 70.9 cm³/mol. The van der Waals surface area contributed by atoms with E-state index in [0.717, 1.165) is 30.6 Å². The van der Waals surface area contributed by atoms with Crippen LogP contribution in [0.25, 0.3) is 0 Å². The Labute approximate surface area is 105 Å². The minimum Gasteiger partial charge on any atom is -0.327 e. The number of fused-ring (bicyclic) bond motifs is 2. The molecule has 3 rings (SSSR count). The van der Waals surface area contributed by atoms with Crippen LogP contribution in [0.2, 0.25) is 0 Å². The summed E-state index contributed by atoms with van der Waals surface area (Å²) in [6, 6.07) is 2.94. The molecule has 2 N–H and O–H groups in total. The Morgan fingerprint density at radius 2 is 1.59 bits per heavy atom. The molecule has 3 fully saturated rings. The number of likely N-dealkylation sites (tertiary alicyclic amines) is 1. The highest BCUT2D eigenvalue weighted by Gasteiger charge is 2.41. The highest BCUT2D eigenvalue weighted by molar-refractivity contribution is 4.98. The molecule has 0 spiro atoms. The highest BCUT2D eigenvalue weighted by Crippen LogP contribution is 2.37. The summed E-state index contributed by atoms with van der Waals surface area (Å²) in [6.45, 7) is 4.77. The minimum atomic E-state index is 0.413. The molecular weight excluding hydrogens is 210 g/mol. The fraction of sp³-hybridized carbons (Fsp3) is 1.00. The number of piperidine rings is 2. The zero-order valence-electron chi connectivity index (χ0n) is 11.3. The van der Waals surface area contributed by atoms with Gasteiger partial charge >= 0.3 is 0 Å². The summed E-state index contributed by atoms with van der Waals surface area (Å²) in [5, 5.41) is 0. The Hall–Kier alpha value is -0.120. The minimum absolute atomic E-state index is 0.413. The van der Waals surface area contributed by atoms with Crippen LogP contribution in [0.3, 0.4) is 0 Å². The standard InChI is InChI=1S/C14H27N3/c1-10-5-11(15)9-17(8-10)14-6-12-3-4-13(7-14)16(12)2/h10-14H,3-9,15H2,1-2H3. The average Bonchev–Trinajstić information content (AvgIpc) is 2.51. The molecule has 3 heteroatoms. The maximum atomic E-state index is 6.18. The van der Waals surface area contributed by atoms with E-state index in [0.29, 0.717) is 6.04 Å². The van der Waals surface area contributed by atoms with Gasteiger partial charge < -0.3 is 10.6 Å². The lowest BCUT2D eigenvalue weighted by Crippen LogP contribution is -2.55. The van der Waals surface area contributed by atoms with Gasteiger partial charge in [0, 0.05) is 37.3 Å². The van der Waals surface area contributed by atoms with E-state index in [1.165, 1.54) is 38.6 Å². The van der Waals surface area contributed by atoms with Crippen molar-refractivity contribution in [1.29, 1.82) is 0 Å². The normalized spacial score (nSPS) is 48.5. The van der Waals surface area contributed by atoms with Crippen LogP contribution in [0, 0.1) is 5.92 Å². The fourth-order valence-corrected chi connectivity index (χ4v) is 4.42. The van der Waals surface area contributed by atoms with Gasteiger partial charge in [0.2, 0.25) is 0 Å². The van der Waals surface area contributed by atoms with E-state index >= 15 is 0 Å². The van der Waals surface area contributed by atoms with Crippen molar-refractivity contribution < 1.29 is 0 Å². The van der Waals surface area contributed by atoms with Crippen molar-refractivity contribution in [2.75, 3.05) is 20.1 Å². The SMILES string of the molecule is CC1CC(N)CN(C2CC3CCC(C2)N3C)C1. The first-order chi connectivity index (χ1) is 8.13. The number of hydrogen-bond acceptors (Lipinski definition) is 3. The molecule has 0 aromatic carbocycles. The summed E-state index contributed by atoms with van der Waals surface area (Å²) >= 11 is 0. The summed E-state index contributed by atoms with van der Waals surface area (Å²) < 4.78 is 0. The number of nitrogens with two attached hydrogens (primary N) is 1. The quantitative estimate of drug-likeness (QED) is 0.746. The molecule has 2 bridgehead atoms. The molecule has 0 aromatic heterocycles. The number of rotatable bonds is 1. The zero-order valence-corrected chi connectivity index (χ0v) is 11.3. The van der Waals surface area contributed by atoms with Crippen LogP contribution in [0.4, 0.5) is 0 Å². The van der Waals surface area contributed by atoms with Crippen molar-refractivity contribution in [3.05, 3.63) is 0 Å². The topological polar surface area (TPSA) is 32.5 Å². The Bertz CT molecular complexity index is 257. The van der Waals surface area contributed by atoms with Crippen molar-refractivity contribution >= 4 is 0 Å². The van der Waals surface area contributed by atoms with E-state index in [1.54, 1.807) is 0 Å². The Morgan fingerprint density at radius 3 is 2.18 bits per heavy atom. The predicted octanol–water partition coefficient (Wildman–Crippen LogP) is 1.28. The molecule has 0 radical (unpaired) electrons. The Morgan fingerprint density at radius 1 is 0.941 bits per heavy atom. The summed E-state index contributed by atoms with van der Waals surface area (Å²) in [7, 11) is 2.32. The van der Waals surface area contributed by atoms with Crippen LogP contribution < -0.4 is 5.73 Å². The van der Waals surface area contributed by atoms with Crippen molar-refractivity contribution in [3.8, 4) is 0 Å². The van der Waals surface area contributed by atoms with Crippen LogP contribution in [-0.2, 0) is 0 Å². The molecule has 3 nitrogen and oxygen atoms in total. The van der Waals surface area contributed by atoms with Crippen molar-refractivity contribution in [2.45, 2.75) is 63.2 Å². The molecule has 4 unspecified atom stereocenters. The van der Waals surface area contributed by atoms with Crippen LogP contribution in [0.5, 0.6) is 0 Å². The second-order valence-corrected chi connectivity index (χ2v) is 6.73. The van der Waals surface area contributed by atoms with E-state index < -0.39 is 0 Å². The third kappa shape index (κ3) is 2.25. The molecule has 98 valence electrons. The summed E-state index contributed by atoms with van der Waals surface area (Å²) in [4.78, 5) is 5.33. The molecule has 3 heterocycles. The lowest BCUT2D eigenvalue weighted by Gasteiger charge is -2.45.